The van der Waals surface area contributed by atoms with Crippen molar-refractivity contribution >= 4 is 86.0 Å². The van der Waals surface area contributed by atoms with Crippen LogP contribution in [0.25, 0.3) is 114 Å². The number of nitrogens with zero attached hydrogens (tertiary/aromatic N) is 1. The van der Waals surface area contributed by atoms with Crippen LogP contribution in [-0.2, 0) is 0 Å². The summed E-state index contributed by atoms with van der Waals surface area (Å²) in [6, 6.07) is 55.7. The number of rotatable bonds is 2. The molecule has 3 heterocycles. The van der Waals surface area contributed by atoms with E-state index in [1.807, 2.05) is 11.3 Å². The highest BCUT2D eigenvalue weighted by molar-refractivity contribution is 7.26. The zero-order valence-electron chi connectivity index (χ0n) is 26.2. The highest BCUT2D eigenvalue weighted by Crippen LogP contribution is 2.50. The third-order valence-corrected chi connectivity index (χ3v) is 11.9. The molecule has 3 heteroatoms. The highest BCUT2D eigenvalue weighted by atomic mass is 32.1. The van der Waals surface area contributed by atoms with E-state index >= 15 is 0 Å². The normalized spacial score (nSPS) is 12.5. The van der Waals surface area contributed by atoms with E-state index < -0.39 is 0 Å². The molecule has 11 aromatic rings. The number of thiophene rings is 1. The van der Waals surface area contributed by atoms with E-state index in [0.29, 0.717) is 0 Å². The van der Waals surface area contributed by atoms with Crippen molar-refractivity contribution in [1.29, 1.82) is 0 Å². The number of para-hydroxylation sites is 1. The van der Waals surface area contributed by atoms with Crippen molar-refractivity contribution in [2.45, 2.75) is 0 Å². The first-order valence-corrected chi connectivity index (χ1v) is 17.6. The van der Waals surface area contributed by atoms with Crippen LogP contribution in [0.15, 0.2) is 156 Å². The quantitative estimate of drug-likeness (QED) is 0.184. The number of hydrogen-bond acceptors (Lipinski definition) is 2. The van der Waals surface area contributed by atoms with Gasteiger partial charge in [-0.2, -0.15) is 0 Å². The van der Waals surface area contributed by atoms with Crippen LogP contribution in [0.1, 0.15) is 0 Å². The summed E-state index contributed by atoms with van der Waals surface area (Å²) in [6.07, 6.45) is 0. The molecule has 49 heavy (non-hydrogen) atoms. The van der Waals surface area contributed by atoms with E-state index in [2.05, 4.69) is 156 Å². The molecule has 3 aromatic heterocycles. The maximum atomic E-state index is 6.46. The minimum atomic E-state index is 0.902. The Morgan fingerprint density at radius 2 is 1.08 bits per heavy atom. The molecule has 0 aliphatic heterocycles. The second-order valence-corrected chi connectivity index (χ2v) is 14.3. The molecule has 0 spiro atoms. The molecular formula is C46H25NOS. The molecule has 226 valence electrons. The zero-order chi connectivity index (χ0) is 31.8. The lowest BCUT2D eigenvalue weighted by Gasteiger charge is -2.10. The Labute approximate surface area is 284 Å². The van der Waals surface area contributed by atoms with Crippen molar-refractivity contribution in [3.8, 4) is 39.1 Å². The summed E-state index contributed by atoms with van der Waals surface area (Å²) in [5.74, 6) is 0. The summed E-state index contributed by atoms with van der Waals surface area (Å²) in [7, 11) is 0. The molecule has 0 amide bonds. The molecule has 2 nitrogen and oxygen atoms in total. The van der Waals surface area contributed by atoms with Crippen molar-refractivity contribution in [1.82, 2.24) is 4.57 Å². The Bertz CT molecular complexity index is 3200. The average molecular weight is 640 g/mol. The van der Waals surface area contributed by atoms with Crippen LogP contribution in [0.3, 0.4) is 0 Å². The summed E-state index contributed by atoms with van der Waals surface area (Å²) in [4.78, 5) is 0. The Morgan fingerprint density at radius 1 is 0.388 bits per heavy atom. The van der Waals surface area contributed by atoms with Crippen LogP contribution in [0.5, 0.6) is 0 Å². The second kappa shape index (κ2) is 9.25. The lowest BCUT2D eigenvalue weighted by molar-refractivity contribution is 0.669. The molecule has 0 fully saturated rings. The summed E-state index contributed by atoms with van der Waals surface area (Å²) in [5, 5.41) is 10.2. The zero-order valence-corrected chi connectivity index (χ0v) is 27.0. The minimum Gasteiger partial charge on any atom is -0.456 e. The number of fused-ring (bicyclic) bond motifs is 13. The molecule has 0 saturated carbocycles. The molecule has 0 bridgehead atoms. The van der Waals surface area contributed by atoms with Crippen LogP contribution in [0, 0.1) is 0 Å². The second-order valence-electron chi connectivity index (χ2n) is 13.2. The van der Waals surface area contributed by atoms with E-state index in [4.69, 9.17) is 4.42 Å². The van der Waals surface area contributed by atoms with E-state index in [-0.39, 0.29) is 0 Å². The molecule has 0 radical (unpaired) electrons. The largest absolute Gasteiger partial charge is 0.456 e. The molecule has 12 rings (SSSR count). The molecule has 0 N–H and O–H groups in total. The molecule has 8 aromatic carbocycles. The van der Waals surface area contributed by atoms with Crippen molar-refractivity contribution in [2.24, 2.45) is 0 Å². The first kappa shape index (κ1) is 25.9. The lowest BCUT2D eigenvalue weighted by atomic mass is 9.93. The molecule has 1 aliphatic carbocycles. The van der Waals surface area contributed by atoms with Gasteiger partial charge in [0.2, 0.25) is 0 Å². The Kier molecular flexibility index (Phi) is 4.89. The Balaban J connectivity index is 1.09. The van der Waals surface area contributed by atoms with Crippen molar-refractivity contribution < 1.29 is 4.42 Å². The molecule has 0 atom stereocenters. The maximum Gasteiger partial charge on any atom is 0.135 e. The highest BCUT2D eigenvalue weighted by Gasteiger charge is 2.23. The summed E-state index contributed by atoms with van der Waals surface area (Å²) in [6.45, 7) is 0. The van der Waals surface area contributed by atoms with Crippen LogP contribution >= 0.6 is 11.3 Å². The number of benzene rings is 8. The van der Waals surface area contributed by atoms with Gasteiger partial charge in [0.15, 0.2) is 0 Å². The Hall–Kier alpha value is -6.16. The number of furan rings is 1. The van der Waals surface area contributed by atoms with E-state index in [9.17, 15) is 0 Å². The standard InChI is InChI=1S/C46H25NOS/c1-2-9-30-29(8-1)32-13-7-12-31-28(18-19-33(30)44(31)32)26-16-21-40-36(24-26)37-25-27(17-22-41(37)48-40)47-38-14-5-3-10-34(38)45-39(47)20-23-43-46(45)35-11-4-6-15-42(35)49-43/h1-25H. The Morgan fingerprint density at radius 3 is 1.98 bits per heavy atom. The third kappa shape index (κ3) is 3.35. The van der Waals surface area contributed by atoms with Gasteiger partial charge in [-0.1, -0.05) is 97.1 Å². The van der Waals surface area contributed by atoms with Gasteiger partial charge in [-0.15, -0.1) is 11.3 Å². The van der Waals surface area contributed by atoms with Gasteiger partial charge in [-0.3, -0.25) is 0 Å². The SMILES string of the molecule is c1ccc2c(c1)-c1cccc3c(-c4ccc5oc6ccc(-n7c8ccccc8c8c9c(ccc87)sc7ccccc79)cc6c5c4)ccc-2c13. The van der Waals surface area contributed by atoms with Gasteiger partial charge < -0.3 is 8.98 Å². The van der Waals surface area contributed by atoms with Gasteiger partial charge in [0.05, 0.1) is 11.0 Å². The number of aromatic nitrogens is 1. The lowest BCUT2D eigenvalue weighted by Crippen LogP contribution is -1.93. The smallest absolute Gasteiger partial charge is 0.135 e. The summed E-state index contributed by atoms with van der Waals surface area (Å²) in [5.41, 5.74) is 13.1. The first-order valence-electron chi connectivity index (χ1n) is 16.8. The molecule has 0 unspecified atom stereocenters. The fraction of sp³-hybridized carbons (Fsp3) is 0. The van der Waals surface area contributed by atoms with Crippen molar-refractivity contribution in [3.05, 3.63) is 152 Å². The van der Waals surface area contributed by atoms with Crippen LogP contribution < -0.4 is 0 Å². The first-order chi connectivity index (χ1) is 24.3. The van der Waals surface area contributed by atoms with Gasteiger partial charge >= 0.3 is 0 Å². The van der Waals surface area contributed by atoms with Crippen molar-refractivity contribution in [3.63, 3.8) is 0 Å². The van der Waals surface area contributed by atoms with E-state index in [0.717, 1.165) is 27.6 Å². The number of hydrogen-bond donors (Lipinski definition) is 0. The molecular weight excluding hydrogens is 615 g/mol. The van der Waals surface area contributed by atoms with Gasteiger partial charge in [-0.05, 0) is 98.8 Å². The van der Waals surface area contributed by atoms with Gasteiger partial charge in [0.25, 0.3) is 0 Å². The third-order valence-electron chi connectivity index (χ3n) is 10.7. The summed E-state index contributed by atoms with van der Waals surface area (Å²) >= 11 is 1.87. The molecule has 1 aliphatic rings. The van der Waals surface area contributed by atoms with Crippen LogP contribution in [0.4, 0.5) is 0 Å². The van der Waals surface area contributed by atoms with E-state index in [1.165, 1.54) is 86.1 Å². The maximum absolute atomic E-state index is 6.46. The minimum absolute atomic E-state index is 0.902. The fourth-order valence-electron chi connectivity index (χ4n) is 8.68. The van der Waals surface area contributed by atoms with Gasteiger partial charge in [0, 0.05) is 47.4 Å². The van der Waals surface area contributed by atoms with Crippen LogP contribution in [-0.4, -0.2) is 4.57 Å². The van der Waals surface area contributed by atoms with Gasteiger partial charge in [0.1, 0.15) is 11.2 Å². The van der Waals surface area contributed by atoms with Crippen molar-refractivity contribution in [2.75, 3.05) is 0 Å². The fourth-order valence-corrected chi connectivity index (χ4v) is 9.80. The average Bonchev–Trinajstić information content (AvgIpc) is 3.90. The monoisotopic (exact) mass is 639 g/mol. The van der Waals surface area contributed by atoms with Crippen LogP contribution in [0.2, 0.25) is 0 Å². The van der Waals surface area contributed by atoms with E-state index in [1.54, 1.807) is 0 Å². The van der Waals surface area contributed by atoms with Gasteiger partial charge in [-0.25, -0.2) is 0 Å². The topological polar surface area (TPSA) is 18.1 Å². The predicted octanol–water partition coefficient (Wildman–Crippen LogP) is 13.5. The molecule has 0 saturated heterocycles. The summed E-state index contributed by atoms with van der Waals surface area (Å²) < 4.78 is 11.5. The predicted molar refractivity (Wildman–Crippen MR) is 208 cm³/mol.